The first-order chi connectivity index (χ1) is 7.38. The summed E-state index contributed by atoms with van der Waals surface area (Å²) in [5.41, 5.74) is 1.73. The van der Waals surface area contributed by atoms with Gasteiger partial charge in [-0.2, -0.15) is 0 Å². The van der Waals surface area contributed by atoms with E-state index in [0.29, 0.717) is 11.7 Å². The molecule has 0 amide bonds. The molecule has 0 aliphatic carbocycles. The molecule has 0 saturated carbocycles. The monoisotopic (exact) mass is 242 g/mol. The Morgan fingerprint density at radius 1 is 1.38 bits per heavy atom. The van der Waals surface area contributed by atoms with Crippen LogP contribution in [0.15, 0.2) is 6.07 Å². The van der Waals surface area contributed by atoms with Crippen LogP contribution in [0, 0.1) is 12.3 Å². The molecule has 4 heteroatoms. The molecule has 1 aromatic heterocycles. The van der Waals surface area contributed by atoms with E-state index in [2.05, 4.69) is 30.7 Å². The van der Waals surface area contributed by atoms with Crippen molar-refractivity contribution in [1.29, 1.82) is 0 Å². The van der Waals surface area contributed by atoms with Gasteiger partial charge in [-0.25, -0.2) is 9.97 Å². The zero-order valence-electron chi connectivity index (χ0n) is 10.5. The summed E-state index contributed by atoms with van der Waals surface area (Å²) in [5.74, 6) is 1.11. The van der Waals surface area contributed by atoms with E-state index in [0.717, 1.165) is 11.4 Å². The van der Waals surface area contributed by atoms with Crippen LogP contribution in [-0.4, -0.2) is 17.1 Å². The third-order valence-electron chi connectivity index (χ3n) is 2.32. The SMILES string of the molecule is COC(c1nc(C)cc(CCl)n1)C(C)(C)C. The van der Waals surface area contributed by atoms with E-state index in [-0.39, 0.29) is 11.5 Å². The molecule has 0 aliphatic rings. The van der Waals surface area contributed by atoms with Gasteiger partial charge in [-0.15, -0.1) is 11.6 Å². The Bertz CT molecular complexity index is 361. The summed E-state index contributed by atoms with van der Waals surface area (Å²) < 4.78 is 5.49. The molecule has 1 heterocycles. The number of rotatable bonds is 3. The molecule has 0 N–H and O–H groups in total. The molecule has 0 aromatic carbocycles. The summed E-state index contributed by atoms with van der Waals surface area (Å²) in [4.78, 5) is 8.85. The summed E-state index contributed by atoms with van der Waals surface area (Å²) in [6.45, 7) is 8.25. The van der Waals surface area contributed by atoms with Gasteiger partial charge in [0.25, 0.3) is 0 Å². The molecule has 1 aromatic rings. The predicted molar refractivity (Wildman–Crippen MR) is 65.5 cm³/mol. The Labute approximate surface area is 102 Å². The Balaban J connectivity index is 3.15. The molecule has 1 rings (SSSR count). The normalized spacial score (nSPS) is 13.9. The van der Waals surface area contributed by atoms with E-state index in [9.17, 15) is 0 Å². The van der Waals surface area contributed by atoms with Gasteiger partial charge in [-0.05, 0) is 18.4 Å². The maximum absolute atomic E-state index is 5.80. The standard InChI is InChI=1S/C12H19ClN2O/c1-8-6-9(7-13)15-11(14-8)10(16-5)12(2,3)4/h6,10H,7H2,1-5H3. The fourth-order valence-corrected chi connectivity index (χ4v) is 1.83. The van der Waals surface area contributed by atoms with Gasteiger partial charge in [0.2, 0.25) is 0 Å². The number of ether oxygens (including phenoxy) is 1. The van der Waals surface area contributed by atoms with Gasteiger partial charge in [-0.3, -0.25) is 0 Å². The second-order valence-electron chi connectivity index (χ2n) is 4.97. The third kappa shape index (κ3) is 3.16. The Morgan fingerprint density at radius 3 is 2.44 bits per heavy atom. The van der Waals surface area contributed by atoms with Gasteiger partial charge >= 0.3 is 0 Å². The molecule has 0 saturated heterocycles. The third-order valence-corrected chi connectivity index (χ3v) is 2.59. The molecule has 90 valence electrons. The number of hydrogen-bond donors (Lipinski definition) is 0. The van der Waals surface area contributed by atoms with Crippen LogP contribution in [0.3, 0.4) is 0 Å². The molecule has 0 bridgehead atoms. The lowest BCUT2D eigenvalue weighted by Crippen LogP contribution is -2.23. The number of aryl methyl sites for hydroxylation is 1. The van der Waals surface area contributed by atoms with Crippen molar-refractivity contribution in [2.24, 2.45) is 5.41 Å². The van der Waals surface area contributed by atoms with Gasteiger partial charge in [-0.1, -0.05) is 20.8 Å². The number of alkyl halides is 1. The van der Waals surface area contributed by atoms with Crippen molar-refractivity contribution in [3.8, 4) is 0 Å². The number of halogens is 1. The minimum absolute atomic E-state index is 0.0356. The molecule has 0 fully saturated rings. The minimum Gasteiger partial charge on any atom is -0.373 e. The Kier molecular flexibility index (Phi) is 4.28. The lowest BCUT2D eigenvalue weighted by Gasteiger charge is -2.28. The largest absolute Gasteiger partial charge is 0.373 e. The summed E-state index contributed by atoms with van der Waals surface area (Å²) in [5, 5.41) is 0. The summed E-state index contributed by atoms with van der Waals surface area (Å²) >= 11 is 5.80. The number of nitrogens with zero attached hydrogens (tertiary/aromatic N) is 2. The molecule has 3 nitrogen and oxygen atoms in total. The van der Waals surface area contributed by atoms with Crippen LogP contribution in [-0.2, 0) is 10.6 Å². The van der Waals surface area contributed by atoms with Crippen LogP contribution in [0.4, 0.5) is 0 Å². The topological polar surface area (TPSA) is 35.0 Å². The highest BCUT2D eigenvalue weighted by molar-refractivity contribution is 6.16. The minimum atomic E-state index is -0.116. The van der Waals surface area contributed by atoms with Gasteiger partial charge in [0.1, 0.15) is 6.10 Å². The first-order valence-electron chi connectivity index (χ1n) is 5.31. The average molecular weight is 243 g/mol. The van der Waals surface area contributed by atoms with E-state index in [1.807, 2.05) is 13.0 Å². The number of aromatic nitrogens is 2. The Morgan fingerprint density at radius 2 is 2.00 bits per heavy atom. The second kappa shape index (κ2) is 5.11. The molecule has 16 heavy (non-hydrogen) atoms. The van der Waals surface area contributed by atoms with Crippen molar-refractivity contribution in [3.63, 3.8) is 0 Å². The Hall–Kier alpha value is -0.670. The molecule has 1 unspecified atom stereocenters. The van der Waals surface area contributed by atoms with Crippen LogP contribution < -0.4 is 0 Å². The highest BCUT2D eigenvalue weighted by Crippen LogP contribution is 2.33. The fraction of sp³-hybridized carbons (Fsp3) is 0.667. The molecular weight excluding hydrogens is 224 g/mol. The molecule has 1 atom stereocenters. The second-order valence-corrected chi connectivity index (χ2v) is 5.24. The summed E-state index contributed by atoms with van der Waals surface area (Å²) in [7, 11) is 1.68. The average Bonchev–Trinajstić information content (AvgIpc) is 2.15. The van der Waals surface area contributed by atoms with E-state index < -0.39 is 0 Å². The van der Waals surface area contributed by atoms with Gasteiger partial charge in [0, 0.05) is 12.8 Å². The lowest BCUT2D eigenvalue weighted by molar-refractivity contribution is 0.00843. The summed E-state index contributed by atoms with van der Waals surface area (Å²) in [6, 6.07) is 1.89. The highest BCUT2D eigenvalue weighted by Gasteiger charge is 2.28. The van der Waals surface area contributed by atoms with Gasteiger partial charge in [0.05, 0.1) is 11.6 Å². The zero-order valence-corrected chi connectivity index (χ0v) is 11.3. The van der Waals surface area contributed by atoms with E-state index in [1.54, 1.807) is 7.11 Å². The van der Waals surface area contributed by atoms with Crippen molar-refractivity contribution >= 4 is 11.6 Å². The molecule has 0 spiro atoms. The van der Waals surface area contributed by atoms with E-state index >= 15 is 0 Å². The number of methoxy groups -OCH3 is 1. The smallest absolute Gasteiger partial charge is 0.158 e. The molecular formula is C12H19ClN2O. The van der Waals surface area contributed by atoms with Crippen molar-refractivity contribution in [1.82, 2.24) is 9.97 Å². The van der Waals surface area contributed by atoms with Crippen molar-refractivity contribution in [2.75, 3.05) is 7.11 Å². The van der Waals surface area contributed by atoms with Crippen LogP contribution in [0.1, 0.15) is 44.1 Å². The maximum Gasteiger partial charge on any atom is 0.158 e. The first-order valence-corrected chi connectivity index (χ1v) is 5.85. The summed E-state index contributed by atoms with van der Waals surface area (Å²) in [6.07, 6.45) is -0.116. The van der Waals surface area contributed by atoms with Crippen LogP contribution in [0.2, 0.25) is 0 Å². The van der Waals surface area contributed by atoms with E-state index in [1.165, 1.54) is 0 Å². The predicted octanol–water partition coefficient (Wildman–Crippen LogP) is 3.26. The van der Waals surface area contributed by atoms with Gasteiger partial charge < -0.3 is 4.74 Å². The van der Waals surface area contributed by atoms with E-state index in [4.69, 9.17) is 16.3 Å². The zero-order chi connectivity index (χ0) is 12.3. The van der Waals surface area contributed by atoms with Crippen molar-refractivity contribution < 1.29 is 4.74 Å². The lowest BCUT2D eigenvalue weighted by atomic mass is 9.88. The highest BCUT2D eigenvalue weighted by atomic mass is 35.5. The molecule has 0 aliphatic heterocycles. The van der Waals surface area contributed by atoms with Crippen LogP contribution in [0.25, 0.3) is 0 Å². The molecule has 0 radical (unpaired) electrons. The van der Waals surface area contributed by atoms with Crippen LogP contribution >= 0.6 is 11.6 Å². The fourth-order valence-electron chi connectivity index (χ4n) is 1.69. The van der Waals surface area contributed by atoms with Crippen molar-refractivity contribution in [2.45, 2.75) is 39.7 Å². The van der Waals surface area contributed by atoms with Crippen molar-refractivity contribution in [3.05, 3.63) is 23.3 Å². The number of hydrogen-bond acceptors (Lipinski definition) is 3. The maximum atomic E-state index is 5.80. The quantitative estimate of drug-likeness (QED) is 0.764. The van der Waals surface area contributed by atoms with Gasteiger partial charge in [0.15, 0.2) is 5.82 Å². The van der Waals surface area contributed by atoms with Crippen LogP contribution in [0.5, 0.6) is 0 Å². The first kappa shape index (κ1) is 13.4.